The Balaban J connectivity index is 1.62. The number of nitrogens with one attached hydrogen (secondary N) is 1. The maximum absolute atomic E-state index is 5.49. The van der Waals surface area contributed by atoms with Crippen molar-refractivity contribution in [1.29, 1.82) is 0 Å². The number of rotatable bonds is 11. The molecule has 1 heterocycles. The third kappa shape index (κ3) is 6.37. The van der Waals surface area contributed by atoms with Gasteiger partial charge in [-0.3, -0.25) is 0 Å². The van der Waals surface area contributed by atoms with Gasteiger partial charge in [-0.2, -0.15) is 0 Å². The van der Waals surface area contributed by atoms with Crippen molar-refractivity contribution in [1.82, 2.24) is 15.3 Å². The maximum atomic E-state index is 5.49. The minimum atomic E-state index is 0.420. The fourth-order valence-electron chi connectivity index (χ4n) is 1.85. The molecule has 1 aromatic rings. The average molecular weight is 295 g/mol. The number of aromatic nitrogens is 2. The lowest BCUT2D eigenvalue weighted by molar-refractivity contribution is 0.0782. The Kier molecular flexibility index (Phi) is 6.85. The molecule has 0 aliphatic heterocycles. The Hall–Kier alpha value is -1.24. The predicted molar refractivity (Wildman–Crippen MR) is 79.4 cm³/mol. The number of hydrogen-bond donors (Lipinski definition) is 1. The first kappa shape index (κ1) is 16.1. The monoisotopic (exact) mass is 295 g/mol. The molecule has 0 bridgehead atoms. The molecule has 0 atom stereocenters. The number of methoxy groups -OCH3 is 1. The first-order chi connectivity index (χ1) is 10.3. The molecule has 0 spiro atoms. The molecule has 1 aliphatic carbocycles. The van der Waals surface area contributed by atoms with E-state index in [1.54, 1.807) is 7.11 Å². The number of ether oxygens (including phenoxy) is 3. The van der Waals surface area contributed by atoms with E-state index in [0.29, 0.717) is 31.9 Å². The standard InChI is InChI=1S/C15H25N3O3/c1-12-13(10-16-14-4-5-14)11-17-15(18-12)21-9-8-20-7-3-6-19-2/h11,14,16H,3-10H2,1-2H3. The van der Waals surface area contributed by atoms with Gasteiger partial charge in [0.05, 0.1) is 6.61 Å². The van der Waals surface area contributed by atoms with Crippen molar-refractivity contribution in [3.8, 4) is 6.01 Å². The van der Waals surface area contributed by atoms with Gasteiger partial charge in [-0.15, -0.1) is 0 Å². The quantitative estimate of drug-likeness (QED) is 0.624. The smallest absolute Gasteiger partial charge is 0.316 e. The Bertz CT molecular complexity index is 425. The van der Waals surface area contributed by atoms with E-state index in [0.717, 1.165) is 30.8 Å². The van der Waals surface area contributed by atoms with Gasteiger partial charge in [0.2, 0.25) is 0 Å². The molecule has 1 aliphatic rings. The van der Waals surface area contributed by atoms with Gasteiger partial charge in [0.1, 0.15) is 6.61 Å². The summed E-state index contributed by atoms with van der Waals surface area (Å²) in [6.07, 6.45) is 5.30. The largest absolute Gasteiger partial charge is 0.461 e. The van der Waals surface area contributed by atoms with E-state index in [9.17, 15) is 0 Å². The summed E-state index contributed by atoms with van der Waals surface area (Å²) in [6, 6.07) is 1.11. The number of aryl methyl sites for hydroxylation is 1. The molecule has 0 amide bonds. The third-order valence-electron chi connectivity index (χ3n) is 3.31. The fourth-order valence-corrected chi connectivity index (χ4v) is 1.85. The number of hydrogen-bond acceptors (Lipinski definition) is 6. The zero-order valence-corrected chi connectivity index (χ0v) is 12.9. The van der Waals surface area contributed by atoms with E-state index in [1.165, 1.54) is 12.8 Å². The average Bonchev–Trinajstić information content (AvgIpc) is 3.29. The summed E-state index contributed by atoms with van der Waals surface area (Å²) in [4.78, 5) is 8.61. The summed E-state index contributed by atoms with van der Waals surface area (Å²) in [5.74, 6) is 0. The van der Waals surface area contributed by atoms with Crippen LogP contribution in [0.25, 0.3) is 0 Å². The van der Waals surface area contributed by atoms with Crippen LogP contribution >= 0.6 is 0 Å². The molecule has 21 heavy (non-hydrogen) atoms. The molecule has 6 heteroatoms. The SMILES string of the molecule is COCCCOCCOc1ncc(CNC2CC2)c(C)n1. The lowest BCUT2D eigenvalue weighted by Crippen LogP contribution is -2.17. The summed E-state index contributed by atoms with van der Waals surface area (Å²) in [5, 5.41) is 3.46. The van der Waals surface area contributed by atoms with Gasteiger partial charge in [-0.05, 0) is 26.2 Å². The van der Waals surface area contributed by atoms with E-state index in [2.05, 4.69) is 15.3 Å². The molecule has 0 saturated heterocycles. The Morgan fingerprint density at radius 3 is 2.81 bits per heavy atom. The van der Waals surface area contributed by atoms with Gasteiger partial charge in [-0.25, -0.2) is 9.97 Å². The van der Waals surface area contributed by atoms with Crippen LogP contribution in [-0.2, 0) is 16.0 Å². The topological polar surface area (TPSA) is 65.5 Å². The van der Waals surface area contributed by atoms with Gasteiger partial charge in [-0.1, -0.05) is 0 Å². The van der Waals surface area contributed by atoms with Crippen LogP contribution in [0, 0.1) is 6.92 Å². The molecule has 1 N–H and O–H groups in total. The van der Waals surface area contributed by atoms with Gasteiger partial charge >= 0.3 is 6.01 Å². The van der Waals surface area contributed by atoms with Crippen molar-refractivity contribution in [3.63, 3.8) is 0 Å². The molecular weight excluding hydrogens is 270 g/mol. The van der Waals surface area contributed by atoms with Crippen molar-refractivity contribution >= 4 is 0 Å². The predicted octanol–water partition coefficient (Wildman–Crippen LogP) is 1.47. The van der Waals surface area contributed by atoms with E-state index in [1.807, 2.05) is 13.1 Å². The maximum Gasteiger partial charge on any atom is 0.316 e. The second kappa shape index (κ2) is 8.92. The highest BCUT2D eigenvalue weighted by Crippen LogP contribution is 2.19. The first-order valence-electron chi connectivity index (χ1n) is 7.55. The molecular formula is C15H25N3O3. The molecule has 0 unspecified atom stereocenters. The van der Waals surface area contributed by atoms with Gasteiger partial charge in [0.15, 0.2) is 0 Å². The Labute approximate surface area is 126 Å². The van der Waals surface area contributed by atoms with Crippen LogP contribution in [0.5, 0.6) is 6.01 Å². The van der Waals surface area contributed by atoms with E-state index in [4.69, 9.17) is 14.2 Å². The summed E-state index contributed by atoms with van der Waals surface area (Å²) in [5.41, 5.74) is 2.10. The second-order valence-electron chi connectivity index (χ2n) is 5.23. The van der Waals surface area contributed by atoms with Crippen molar-refractivity contribution in [3.05, 3.63) is 17.5 Å². The van der Waals surface area contributed by atoms with Crippen LogP contribution in [-0.4, -0.2) is 49.5 Å². The zero-order valence-electron chi connectivity index (χ0n) is 12.9. The van der Waals surface area contributed by atoms with Crippen LogP contribution in [0.4, 0.5) is 0 Å². The minimum Gasteiger partial charge on any atom is -0.461 e. The Morgan fingerprint density at radius 2 is 2.10 bits per heavy atom. The van der Waals surface area contributed by atoms with Gasteiger partial charge in [0.25, 0.3) is 0 Å². The molecule has 0 radical (unpaired) electrons. The first-order valence-corrected chi connectivity index (χ1v) is 7.55. The molecule has 1 aromatic heterocycles. The van der Waals surface area contributed by atoms with E-state index >= 15 is 0 Å². The minimum absolute atomic E-state index is 0.420. The highest BCUT2D eigenvalue weighted by Gasteiger charge is 2.20. The molecule has 2 rings (SSSR count). The van der Waals surface area contributed by atoms with E-state index in [-0.39, 0.29) is 0 Å². The molecule has 0 aromatic carbocycles. The van der Waals surface area contributed by atoms with Crippen LogP contribution in [0.2, 0.25) is 0 Å². The van der Waals surface area contributed by atoms with Gasteiger partial charge < -0.3 is 19.5 Å². The highest BCUT2D eigenvalue weighted by atomic mass is 16.5. The van der Waals surface area contributed by atoms with Crippen LogP contribution in [0.15, 0.2) is 6.20 Å². The van der Waals surface area contributed by atoms with Crippen molar-refractivity contribution in [2.75, 3.05) is 33.5 Å². The second-order valence-corrected chi connectivity index (χ2v) is 5.23. The van der Waals surface area contributed by atoms with Crippen molar-refractivity contribution < 1.29 is 14.2 Å². The lowest BCUT2D eigenvalue weighted by atomic mass is 10.2. The molecule has 1 saturated carbocycles. The summed E-state index contributed by atoms with van der Waals surface area (Å²) in [6.45, 7) is 5.23. The molecule has 118 valence electrons. The van der Waals surface area contributed by atoms with Crippen LogP contribution in [0.1, 0.15) is 30.5 Å². The van der Waals surface area contributed by atoms with Gasteiger partial charge in [0, 0.05) is 50.4 Å². The van der Waals surface area contributed by atoms with Crippen molar-refractivity contribution in [2.45, 2.75) is 38.8 Å². The zero-order chi connectivity index (χ0) is 14.9. The molecule has 1 fully saturated rings. The highest BCUT2D eigenvalue weighted by molar-refractivity contribution is 5.17. The van der Waals surface area contributed by atoms with Crippen LogP contribution < -0.4 is 10.1 Å². The Morgan fingerprint density at radius 1 is 1.24 bits per heavy atom. The van der Waals surface area contributed by atoms with Crippen molar-refractivity contribution in [2.24, 2.45) is 0 Å². The normalized spacial score (nSPS) is 14.4. The molecule has 6 nitrogen and oxygen atoms in total. The third-order valence-corrected chi connectivity index (χ3v) is 3.31. The van der Waals surface area contributed by atoms with E-state index < -0.39 is 0 Å². The summed E-state index contributed by atoms with van der Waals surface area (Å²) >= 11 is 0. The fraction of sp³-hybridized carbons (Fsp3) is 0.733. The summed E-state index contributed by atoms with van der Waals surface area (Å²) in [7, 11) is 1.69. The summed E-state index contributed by atoms with van der Waals surface area (Å²) < 4.78 is 15.8. The van der Waals surface area contributed by atoms with Crippen LogP contribution in [0.3, 0.4) is 0 Å². The lowest BCUT2D eigenvalue weighted by Gasteiger charge is -2.09. The number of nitrogens with zero attached hydrogens (tertiary/aromatic N) is 2.